The van der Waals surface area contributed by atoms with Crippen LogP contribution in [0, 0.1) is 11.8 Å². The number of hydrogen-bond donors (Lipinski definition) is 2. The molecule has 1 aromatic heterocycles. The Morgan fingerprint density at radius 2 is 2.24 bits per heavy atom. The molecular formula is C14H25N5OS. The maximum Gasteiger partial charge on any atom is 0.225 e. The quantitative estimate of drug-likeness (QED) is 0.552. The van der Waals surface area contributed by atoms with Crippen LogP contribution in [0.15, 0.2) is 5.16 Å². The third-order valence-corrected chi connectivity index (χ3v) is 4.22. The van der Waals surface area contributed by atoms with Crippen LogP contribution in [0.1, 0.15) is 26.1 Å². The zero-order valence-corrected chi connectivity index (χ0v) is 13.9. The monoisotopic (exact) mass is 311 g/mol. The van der Waals surface area contributed by atoms with Crippen molar-refractivity contribution in [3.8, 4) is 0 Å². The van der Waals surface area contributed by atoms with Crippen molar-refractivity contribution in [3.63, 3.8) is 0 Å². The minimum absolute atomic E-state index is 0.165. The van der Waals surface area contributed by atoms with Crippen LogP contribution in [0.4, 0.5) is 0 Å². The van der Waals surface area contributed by atoms with E-state index in [1.807, 2.05) is 6.26 Å². The van der Waals surface area contributed by atoms with Gasteiger partial charge < -0.3 is 15.2 Å². The van der Waals surface area contributed by atoms with Crippen LogP contribution in [0.5, 0.6) is 0 Å². The second-order valence-electron chi connectivity index (χ2n) is 5.86. The molecule has 2 rings (SSSR count). The van der Waals surface area contributed by atoms with Gasteiger partial charge in [0.05, 0.1) is 5.92 Å². The molecule has 0 unspecified atom stereocenters. The van der Waals surface area contributed by atoms with E-state index in [-0.39, 0.29) is 11.8 Å². The van der Waals surface area contributed by atoms with E-state index in [9.17, 15) is 4.79 Å². The largest absolute Gasteiger partial charge is 0.356 e. The molecule has 2 N–H and O–H groups in total. The molecule has 0 atom stereocenters. The number of nitrogens with zero attached hydrogens (tertiary/aromatic N) is 3. The molecule has 118 valence electrons. The van der Waals surface area contributed by atoms with Crippen LogP contribution >= 0.6 is 11.8 Å². The molecular weight excluding hydrogens is 286 g/mol. The minimum atomic E-state index is 0.165. The van der Waals surface area contributed by atoms with Crippen LogP contribution in [-0.2, 0) is 17.8 Å². The molecule has 1 amide bonds. The fourth-order valence-electron chi connectivity index (χ4n) is 2.28. The lowest BCUT2D eigenvalue weighted by atomic mass is 10.0. The molecule has 1 aromatic rings. The summed E-state index contributed by atoms with van der Waals surface area (Å²) in [6.07, 6.45) is 3.78. The lowest BCUT2D eigenvalue weighted by Gasteiger charge is -2.25. The first-order chi connectivity index (χ1) is 10.1. The zero-order chi connectivity index (χ0) is 15.2. The zero-order valence-electron chi connectivity index (χ0n) is 13.1. The van der Waals surface area contributed by atoms with Gasteiger partial charge in [-0.3, -0.25) is 4.79 Å². The Bertz CT molecular complexity index is 470. The van der Waals surface area contributed by atoms with Crippen molar-refractivity contribution in [1.82, 2.24) is 25.4 Å². The van der Waals surface area contributed by atoms with Crippen molar-refractivity contribution in [2.24, 2.45) is 11.8 Å². The Morgan fingerprint density at radius 1 is 1.48 bits per heavy atom. The number of aryl methyl sites for hydroxylation is 1. The van der Waals surface area contributed by atoms with E-state index < -0.39 is 0 Å². The van der Waals surface area contributed by atoms with Gasteiger partial charge in [0.1, 0.15) is 5.82 Å². The standard InChI is InChI=1S/C14H25N5OS/c1-10(2)9-19-12(17-18-14(19)21-3)5-4-6-16-13(20)11-7-15-8-11/h10-11,15H,4-9H2,1-3H3,(H,16,20). The van der Waals surface area contributed by atoms with Crippen LogP contribution in [0.3, 0.4) is 0 Å². The number of aromatic nitrogens is 3. The Hall–Kier alpha value is -1.08. The lowest BCUT2D eigenvalue weighted by Crippen LogP contribution is -2.50. The summed E-state index contributed by atoms with van der Waals surface area (Å²) >= 11 is 1.63. The smallest absolute Gasteiger partial charge is 0.225 e. The first-order valence-electron chi connectivity index (χ1n) is 7.56. The van der Waals surface area contributed by atoms with Crippen molar-refractivity contribution in [3.05, 3.63) is 5.82 Å². The van der Waals surface area contributed by atoms with Crippen molar-refractivity contribution in [2.45, 2.75) is 38.4 Å². The van der Waals surface area contributed by atoms with Gasteiger partial charge in [0, 0.05) is 32.6 Å². The van der Waals surface area contributed by atoms with Crippen molar-refractivity contribution in [1.29, 1.82) is 0 Å². The average Bonchev–Trinajstić information content (AvgIpc) is 2.74. The van der Waals surface area contributed by atoms with Gasteiger partial charge in [0.2, 0.25) is 5.91 Å². The number of hydrogen-bond acceptors (Lipinski definition) is 5. The van der Waals surface area contributed by atoms with Crippen molar-refractivity contribution in [2.75, 3.05) is 25.9 Å². The molecule has 0 aromatic carbocycles. The lowest BCUT2D eigenvalue weighted by molar-refractivity contribution is -0.126. The van der Waals surface area contributed by atoms with Crippen molar-refractivity contribution >= 4 is 17.7 Å². The van der Waals surface area contributed by atoms with Gasteiger partial charge in [0.15, 0.2) is 5.16 Å². The summed E-state index contributed by atoms with van der Waals surface area (Å²) in [6, 6.07) is 0. The van der Waals surface area contributed by atoms with E-state index in [0.717, 1.165) is 43.5 Å². The Kier molecular flexibility index (Phi) is 6.05. The van der Waals surface area contributed by atoms with Crippen LogP contribution in [-0.4, -0.2) is 46.6 Å². The maximum atomic E-state index is 11.7. The SMILES string of the molecule is CSc1nnc(CCCNC(=O)C2CNC2)n1CC(C)C. The highest BCUT2D eigenvalue weighted by atomic mass is 32.2. The highest BCUT2D eigenvalue weighted by Gasteiger charge is 2.24. The molecule has 0 aliphatic carbocycles. The van der Waals surface area contributed by atoms with E-state index >= 15 is 0 Å². The molecule has 6 nitrogen and oxygen atoms in total. The van der Waals surface area contributed by atoms with E-state index in [0.29, 0.717) is 12.5 Å². The summed E-state index contributed by atoms with van der Waals surface area (Å²) in [5.74, 6) is 1.92. The number of nitrogens with one attached hydrogen (secondary N) is 2. The molecule has 2 heterocycles. The fraction of sp³-hybridized carbons (Fsp3) is 0.786. The topological polar surface area (TPSA) is 71.8 Å². The predicted molar refractivity (Wildman–Crippen MR) is 84.3 cm³/mol. The number of carbonyl (C=O) groups is 1. The average molecular weight is 311 g/mol. The van der Waals surface area contributed by atoms with Gasteiger partial charge in [-0.25, -0.2) is 0 Å². The van der Waals surface area contributed by atoms with Gasteiger partial charge in [-0.15, -0.1) is 10.2 Å². The molecule has 1 saturated heterocycles. The second kappa shape index (κ2) is 7.79. The van der Waals surface area contributed by atoms with Gasteiger partial charge in [-0.05, 0) is 18.6 Å². The molecule has 0 saturated carbocycles. The number of amides is 1. The third-order valence-electron chi connectivity index (χ3n) is 3.55. The predicted octanol–water partition coefficient (Wildman–Crippen LogP) is 0.924. The summed E-state index contributed by atoms with van der Waals surface area (Å²) < 4.78 is 2.20. The summed E-state index contributed by atoms with van der Waals surface area (Å²) in [4.78, 5) is 11.7. The van der Waals surface area contributed by atoms with E-state index in [4.69, 9.17) is 0 Å². The van der Waals surface area contributed by atoms with E-state index in [2.05, 4.69) is 39.2 Å². The number of rotatable bonds is 8. The van der Waals surface area contributed by atoms with E-state index in [1.54, 1.807) is 11.8 Å². The summed E-state index contributed by atoms with van der Waals surface area (Å²) in [5.41, 5.74) is 0. The number of thioether (sulfide) groups is 1. The first kappa shape index (κ1) is 16.3. The Morgan fingerprint density at radius 3 is 2.81 bits per heavy atom. The first-order valence-corrected chi connectivity index (χ1v) is 8.78. The molecule has 1 fully saturated rings. The molecule has 21 heavy (non-hydrogen) atoms. The molecule has 0 radical (unpaired) electrons. The molecule has 0 bridgehead atoms. The van der Waals surface area contributed by atoms with Crippen molar-refractivity contribution < 1.29 is 4.79 Å². The molecule has 1 aliphatic rings. The maximum absolute atomic E-state index is 11.7. The fourth-order valence-corrected chi connectivity index (χ4v) is 2.80. The minimum Gasteiger partial charge on any atom is -0.356 e. The van der Waals surface area contributed by atoms with Crippen LogP contribution in [0.25, 0.3) is 0 Å². The Balaban J connectivity index is 1.79. The van der Waals surface area contributed by atoms with E-state index in [1.165, 1.54) is 0 Å². The summed E-state index contributed by atoms with van der Waals surface area (Å²) in [5, 5.41) is 15.6. The van der Waals surface area contributed by atoms with Gasteiger partial charge in [-0.2, -0.15) is 0 Å². The highest BCUT2D eigenvalue weighted by molar-refractivity contribution is 7.98. The van der Waals surface area contributed by atoms with Gasteiger partial charge in [-0.1, -0.05) is 25.6 Å². The highest BCUT2D eigenvalue weighted by Crippen LogP contribution is 2.16. The second-order valence-corrected chi connectivity index (χ2v) is 6.63. The normalized spacial score (nSPS) is 15.2. The summed E-state index contributed by atoms with van der Waals surface area (Å²) in [6.45, 7) is 7.66. The Labute approximate surface area is 130 Å². The molecule has 7 heteroatoms. The molecule has 0 spiro atoms. The van der Waals surface area contributed by atoms with Crippen LogP contribution in [0.2, 0.25) is 0 Å². The number of carbonyl (C=O) groups excluding carboxylic acids is 1. The summed E-state index contributed by atoms with van der Waals surface area (Å²) in [7, 11) is 0. The third kappa shape index (κ3) is 4.44. The van der Waals surface area contributed by atoms with Crippen LogP contribution < -0.4 is 10.6 Å². The van der Waals surface area contributed by atoms with Gasteiger partial charge in [0.25, 0.3) is 0 Å². The van der Waals surface area contributed by atoms with Gasteiger partial charge >= 0.3 is 0 Å². The molecule has 1 aliphatic heterocycles.